The van der Waals surface area contributed by atoms with Crippen molar-refractivity contribution in [2.24, 2.45) is 0 Å². The molecule has 2 aromatic rings. The molecule has 0 bridgehead atoms. The minimum absolute atomic E-state index is 0.302. The number of fused-ring (bicyclic) bond motifs is 1. The van der Waals surface area contributed by atoms with Gasteiger partial charge in [-0.2, -0.15) is 0 Å². The Kier molecular flexibility index (Phi) is 2.35. The number of rotatable bonds is 1. The van der Waals surface area contributed by atoms with E-state index in [0.717, 1.165) is 16.5 Å². The first kappa shape index (κ1) is 9.97. The highest BCUT2D eigenvalue weighted by atomic mass is 16.3. The smallest absolute Gasteiger partial charge is 0.140 e. The largest absolute Gasteiger partial charge is 0.506 e. The van der Waals surface area contributed by atoms with E-state index >= 15 is 0 Å². The van der Waals surface area contributed by atoms with Crippen molar-refractivity contribution in [2.75, 3.05) is 0 Å². The maximum Gasteiger partial charge on any atom is 0.140 e. The second-order valence-electron chi connectivity index (χ2n) is 4.13. The zero-order valence-corrected chi connectivity index (χ0v) is 9.28. The van der Waals surface area contributed by atoms with Gasteiger partial charge in [0, 0.05) is 10.9 Å². The van der Waals surface area contributed by atoms with Crippen LogP contribution in [0.3, 0.4) is 0 Å². The monoisotopic (exact) mass is 201 g/mol. The van der Waals surface area contributed by atoms with E-state index in [2.05, 4.69) is 18.8 Å². The number of hydrogen-bond acceptors (Lipinski definition) is 2. The molecule has 0 saturated heterocycles. The van der Waals surface area contributed by atoms with Gasteiger partial charge >= 0.3 is 0 Å². The van der Waals surface area contributed by atoms with Gasteiger partial charge in [0.15, 0.2) is 0 Å². The van der Waals surface area contributed by atoms with E-state index < -0.39 is 0 Å². The maximum atomic E-state index is 10.0. The van der Waals surface area contributed by atoms with Crippen molar-refractivity contribution in [2.45, 2.75) is 26.7 Å². The molecule has 0 aliphatic carbocycles. The second kappa shape index (κ2) is 3.54. The van der Waals surface area contributed by atoms with Gasteiger partial charge in [-0.1, -0.05) is 32.0 Å². The average Bonchev–Trinajstić information content (AvgIpc) is 2.19. The number of pyridine rings is 1. The Bertz CT molecular complexity index is 503. The molecule has 0 spiro atoms. The van der Waals surface area contributed by atoms with Gasteiger partial charge in [0.25, 0.3) is 0 Å². The molecule has 15 heavy (non-hydrogen) atoms. The van der Waals surface area contributed by atoms with Crippen molar-refractivity contribution in [1.82, 2.24) is 4.98 Å². The Morgan fingerprint density at radius 1 is 1.20 bits per heavy atom. The van der Waals surface area contributed by atoms with Gasteiger partial charge in [-0.05, 0) is 18.9 Å². The van der Waals surface area contributed by atoms with E-state index in [1.165, 1.54) is 0 Å². The summed E-state index contributed by atoms with van der Waals surface area (Å²) in [4.78, 5) is 4.37. The molecule has 0 atom stereocenters. The molecular weight excluding hydrogens is 186 g/mol. The normalized spacial score (nSPS) is 11.2. The van der Waals surface area contributed by atoms with Gasteiger partial charge in [0.2, 0.25) is 0 Å². The lowest BCUT2D eigenvalue weighted by Gasteiger charge is -2.13. The van der Waals surface area contributed by atoms with Crippen LogP contribution in [-0.4, -0.2) is 10.1 Å². The molecule has 1 heterocycles. The average molecular weight is 201 g/mol. The number of para-hydroxylation sites is 1. The van der Waals surface area contributed by atoms with Crippen LogP contribution >= 0.6 is 0 Å². The molecule has 2 nitrogen and oxygen atoms in total. The lowest BCUT2D eigenvalue weighted by atomic mass is 9.97. The lowest BCUT2D eigenvalue weighted by Crippen LogP contribution is -1.95. The Balaban J connectivity index is 2.89. The van der Waals surface area contributed by atoms with Crippen LogP contribution in [0.2, 0.25) is 0 Å². The number of benzene rings is 1. The van der Waals surface area contributed by atoms with Crippen LogP contribution < -0.4 is 0 Å². The lowest BCUT2D eigenvalue weighted by molar-refractivity contribution is 0.459. The van der Waals surface area contributed by atoms with Crippen molar-refractivity contribution in [3.8, 4) is 5.75 Å². The van der Waals surface area contributed by atoms with Crippen LogP contribution in [0.5, 0.6) is 5.75 Å². The summed E-state index contributed by atoms with van der Waals surface area (Å²) in [5.74, 6) is 0.639. The quantitative estimate of drug-likeness (QED) is 0.767. The Morgan fingerprint density at radius 3 is 2.53 bits per heavy atom. The number of nitrogens with zero attached hydrogens (tertiary/aromatic N) is 1. The summed E-state index contributed by atoms with van der Waals surface area (Å²) >= 11 is 0. The number of hydrogen-bond donors (Lipinski definition) is 1. The maximum absolute atomic E-state index is 10.0. The highest BCUT2D eigenvalue weighted by Gasteiger charge is 2.13. The van der Waals surface area contributed by atoms with Gasteiger partial charge in [-0.3, -0.25) is 0 Å². The Hall–Kier alpha value is -1.57. The molecule has 0 aliphatic rings. The van der Waals surface area contributed by atoms with Crippen LogP contribution in [-0.2, 0) is 0 Å². The molecule has 2 rings (SSSR count). The molecule has 1 N–H and O–H groups in total. The fourth-order valence-corrected chi connectivity index (χ4v) is 1.94. The van der Waals surface area contributed by atoms with Crippen molar-refractivity contribution in [3.63, 3.8) is 0 Å². The van der Waals surface area contributed by atoms with E-state index in [9.17, 15) is 5.11 Å². The molecule has 0 radical (unpaired) electrons. The summed E-state index contributed by atoms with van der Waals surface area (Å²) < 4.78 is 0. The number of aromatic nitrogens is 1. The predicted molar refractivity (Wildman–Crippen MR) is 62.2 cm³/mol. The molecule has 0 fully saturated rings. The molecule has 0 saturated carbocycles. The fraction of sp³-hybridized carbons (Fsp3) is 0.308. The van der Waals surface area contributed by atoms with Gasteiger partial charge in [-0.25, -0.2) is 4.98 Å². The van der Waals surface area contributed by atoms with Crippen LogP contribution in [0, 0.1) is 6.92 Å². The van der Waals surface area contributed by atoms with E-state index in [4.69, 9.17) is 0 Å². The first-order valence-corrected chi connectivity index (χ1v) is 5.19. The van der Waals surface area contributed by atoms with Gasteiger partial charge in [0.1, 0.15) is 5.75 Å². The van der Waals surface area contributed by atoms with Crippen molar-refractivity contribution in [3.05, 3.63) is 35.5 Å². The first-order chi connectivity index (χ1) is 7.11. The van der Waals surface area contributed by atoms with Crippen LogP contribution in [0.4, 0.5) is 0 Å². The van der Waals surface area contributed by atoms with Crippen LogP contribution in [0.15, 0.2) is 24.3 Å². The van der Waals surface area contributed by atoms with E-state index in [1.807, 2.05) is 31.2 Å². The summed E-state index contributed by atoms with van der Waals surface area (Å²) in [6.45, 7) is 6.01. The molecular formula is C13H15NO. The predicted octanol–water partition coefficient (Wildman–Crippen LogP) is 3.37. The van der Waals surface area contributed by atoms with Gasteiger partial charge in [0.05, 0.1) is 11.2 Å². The number of aryl methyl sites for hydroxylation is 1. The highest BCUT2D eigenvalue weighted by molar-refractivity contribution is 5.85. The summed E-state index contributed by atoms with van der Waals surface area (Å²) in [5, 5.41) is 11.1. The van der Waals surface area contributed by atoms with E-state index in [0.29, 0.717) is 17.4 Å². The van der Waals surface area contributed by atoms with Crippen LogP contribution in [0.1, 0.15) is 31.0 Å². The highest BCUT2D eigenvalue weighted by Crippen LogP contribution is 2.33. The van der Waals surface area contributed by atoms with E-state index in [1.54, 1.807) is 0 Å². The summed E-state index contributed by atoms with van der Waals surface area (Å²) in [7, 11) is 0. The Labute approximate surface area is 89.6 Å². The van der Waals surface area contributed by atoms with Gasteiger partial charge in [-0.15, -0.1) is 0 Å². The first-order valence-electron chi connectivity index (χ1n) is 5.19. The SMILES string of the molecule is Cc1nc2ccccc2c(C(C)C)c1O. The summed E-state index contributed by atoms with van der Waals surface area (Å²) in [5.41, 5.74) is 2.66. The van der Waals surface area contributed by atoms with Crippen molar-refractivity contribution < 1.29 is 5.11 Å². The molecule has 0 unspecified atom stereocenters. The third kappa shape index (κ3) is 1.56. The molecule has 1 aromatic carbocycles. The molecule has 2 heteroatoms. The van der Waals surface area contributed by atoms with Crippen LogP contribution in [0.25, 0.3) is 10.9 Å². The van der Waals surface area contributed by atoms with Crippen molar-refractivity contribution in [1.29, 1.82) is 0 Å². The minimum Gasteiger partial charge on any atom is -0.506 e. The number of aromatic hydroxyl groups is 1. The van der Waals surface area contributed by atoms with Gasteiger partial charge < -0.3 is 5.11 Å². The summed E-state index contributed by atoms with van der Waals surface area (Å²) in [6, 6.07) is 7.94. The van der Waals surface area contributed by atoms with E-state index in [-0.39, 0.29) is 0 Å². The Morgan fingerprint density at radius 2 is 1.87 bits per heavy atom. The standard InChI is InChI=1S/C13H15NO/c1-8(2)12-10-6-4-5-7-11(10)14-9(3)13(12)15/h4-8,15H,1-3H3. The fourth-order valence-electron chi connectivity index (χ4n) is 1.94. The zero-order chi connectivity index (χ0) is 11.0. The second-order valence-corrected chi connectivity index (χ2v) is 4.13. The molecule has 0 amide bonds. The topological polar surface area (TPSA) is 33.1 Å². The summed E-state index contributed by atoms with van der Waals surface area (Å²) in [6.07, 6.45) is 0. The molecule has 0 aliphatic heterocycles. The van der Waals surface area contributed by atoms with Crippen molar-refractivity contribution >= 4 is 10.9 Å². The molecule has 1 aromatic heterocycles. The minimum atomic E-state index is 0.302. The molecule has 78 valence electrons. The third-order valence-electron chi connectivity index (χ3n) is 2.66. The third-order valence-corrected chi connectivity index (χ3v) is 2.66. The zero-order valence-electron chi connectivity index (χ0n) is 9.28.